The van der Waals surface area contributed by atoms with Crippen molar-refractivity contribution in [3.05, 3.63) is 36.0 Å². The van der Waals surface area contributed by atoms with Gasteiger partial charge < -0.3 is 9.47 Å². The maximum absolute atomic E-state index is 5.18. The van der Waals surface area contributed by atoms with E-state index in [0.29, 0.717) is 11.8 Å². The minimum Gasteiger partial charge on any atom is -0.481 e. The summed E-state index contributed by atoms with van der Waals surface area (Å²) in [4.78, 5) is 19.0. The average Bonchev–Trinajstić information content (AvgIpc) is 3.03. The molecule has 4 aromatic rings. The number of pyridine rings is 1. The van der Waals surface area contributed by atoms with Crippen LogP contribution in [-0.4, -0.2) is 34.2 Å². The number of fused-ring (bicyclic) bond motifs is 2. The van der Waals surface area contributed by atoms with E-state index in [-0.39, 0.29) is 0 Å². The monoisotopic (exact) mass is 338 g/mol. The summed E-state index contributed by atoms with van der Waals surface area (Å²) >= 11 is 1.51. The third-order valence-electron chi connectivity index (χ3n) is 3.65. The predicted octanol–water partition coefficient (Wildman–Crippen LogP) is 3.63. The summed E-state index contributed by atoms with van der Waals surface area (Å²) in [6, 6.07) is 7.78. The molecule has 24 heavy (non-hydrogen) atoms. The predicted molar refractivity (Wildman–Crippen MR) is 93.8 cm³/mol. The summed E-state index contributed by atoms with van der Waals surface area (Å²) in [5, 5.41) is 0.860. The van der Waals surface area contributed by atoms with E-state index in [1.165, 1.54) is 11.3 Å². The molecule has 0 saturated heterocycles. The van der Waals surface area contributed by atoms with Crippen LogP contribution in [0, 0.1) is 6.92 Å². The van der Waals surface area contributed by atoms with Crippen LogP contribution in [0.1, 0.15) is 5.56 Å². The van der Waals surface area contributed by atoms with Gasteiger partial charge in [0, 0.05) is 11.6 Å². The van der Waals surface area contributed by atoms with Gasteiger partial charge in [0.05, 0.1) is 31.4 Å². The SMILES string of the molecule is COc1cnc2c(-c3nc4ccc(OC)nc4s3)cc(C)cc2n1. The fourth-order valence-corrected chi connectivity index (χ4v) is 3.48. The van der Waals surface area contributed by atoms with Gasteiger partial charge in [-0.1, -0.05) is 11.3 Å². The highest BCUT2D eigenvalue weighted by Crippen LogP contribution is 2.34. The standard InChI is InChI=1S/C17H14N4O2S/c1-9-6-10(15-12(7-9)19-14(23-3)8-18-15)16-20-11-4-5-13(22-2)21-17(11)24-16/h4-8H,1-3H3. The zero-order chi connectivity index (χ0) is 16.7. The van der Waals surface area contributed by atoms with Gasteiger partial charge in [0.2, 0.25) is 11.8 Å². The molecule has 7 heteroatoms. The molecule has 1 aromatic carbocycles. The lowest BCUT2D eigenvalue weighted by atomic mass is 10.1. The Balaban J connectivity index is 1.95. The van der Waals surface area contributed by atoms with Crippen LogP contribution >= 0.6 is 11.3 Å². The van der Waals surface area contributed by atoms with E-state index in [1.54, 1.807) is 20.4 Å². The van der Waals surface area contributed by atoms with Gasteiger partial charge >= 0.3 is 0 Å². The first kappa shape index (κ1) is 14.8. The molecule has 0 saturated carbocycles. The molecule has 0 atom stereocenters. The van der Waals surface area contributed by atoms with E-state index >= 15 is 0 Å². The van der Waals surface area contributed by atoms with Gasteiger partial charge in [0.1, 0.15) is 15.4 Å². The van der Waals surface area contributed by atoms with Crippen molar-refractivity contribution >= 4 is 32.7 Å². The van der Waals surface area contributed by atoms with Crippen molar-refractivity contribution in [2.24, 2.45) is 0 Å². The van der Waals surface area contributed by atoms with Crippen LogP contribution in [0.25, 0.3) is 32.0 Å². The molecule has 4 rings (SSSR count). The lowest BCUT2D eigenvalue weighted by Crippen LogP contribution is -1.93. The summed E-state index contributed by atoms with van der Waals surface area (Å²) in [5.74, 6) is 1.08. The van der Waals surface area contributed by atoms with Crippen LogP contribution in [0.4, 0.5) is 0 Å². The fraction of sp³-hybridized carbons (Fsp3) is 0.176. The summed E-state index contributed by atoms with van der Waals surface area (Å²) < 4.78 is 10.4. The maximum atomic E-state index is 5.18. The highest BCUT2D eigenvalue weighted by molar-refractivity contribution is 7.21. The van der Waals surface area contributed by atoms with Gasteiger partial charge in [-0.05, 0) is 30.7 Å². The van der Waals surface area contributed by atoms with Crippen molar-refractivity contribution in [3.63, 3.8) is 0 Å². The van der Waals surface area contributed by atoms with E-state index in [9.17, 15) is 0 Å². The molecule has 0 fully saturated rings. The van der Waals surface area contributed by atoms with Crippen LogP contribution in [0.2, 0.25) is 0 Å². The molecule has 0 radical (unpaired) electrons. The lowest BCUT2D eigenvalue weighted by molar-refractivity contribution is 0.397. The molecule has 3 aromatic heterocycles. The number of benzene rings is 1. The third kappa shape index (κ3) is 2.43. The molecule has 0 aliphatic heterocycles. The highest BCUT2D eigenvalue weighted by Gasteiger charge is 2.14. The Labute approximate surface area is 142 Å². The number of hydrogen-bond acceptors (Lipinski definition) is 7. The summed E-state index contributed by atoms with van der Waals surface area (Å²) in [6.07, 6.45) is 1.62. The van der Waals surface area contributed by atoms with Crippen molar-refractivity contribution in [1.82, 2.24) is 19.9 Å². The number of methoxy groups -OCH3 is 2. The van der Waals surface area contributed by atoms with Crippen molar-refractivity contribution in [2.45, 2.75) is 6.92 Å². The Hall–Kier alpha value is -2.80. The number of nitrogens with zero attached hydrogens (tertiary/aromatic N) is 4. The van der Waals surface area contributed by atoms with E-state index in [1.807, 2.05) is 25.1 Å². The van der Waals surface area contributed by atoms with Crippen molar-refractivity contribution in [2.75, 3.05) is 14.2 Å². The number of aryl methyl sites for hydroxylation is 1. The molecule has 0 amide bonds. The van der Waals surface area contributed by atoms with E-state index in [4.69, 9.17) is 14.5 Å². The van der Waals surface area contributed by atoms with Gasteiger partial charge in [0.15, 0.2) is 0 Å². The zero-order valence-corrected chi connectivity index (χ0v) is 14.2. The third-order valence-corrected chi connectivity index (χ3v) is 4.65. The van der Waals surface area contributed by atoms with Crippen molar-refractivity contribution < 1.29 is 9.47 Å². The van der Waals surface area contributed by atoms with E-state index in [0.717, 1.165) is 37.5 Å². The second kappa shape index (κ2) is 5.68. The molecule has 0 N–H and O–H groups in total. The smallest absolute Gasteiger partial charge is 0.232 e. The largest absolute Gasteiger partial charge is 0.481 e. The Morgan fingerprint density at radius 2 is 1.75 bits per heavy atom. The van der Waals surface area contributed by atoms with Gasteiger partial charge in [0.25, 0.3) is 0 Å². The molecule has 3 heterocycles. The molecular formula is C17H14N4O2S. The normalized spacial score (nSPS) is 11.1. The molecule has 0 bridgehead atoms. The molecular weight excluding hydrogens is 324 g/mol. The Bertz CT molecular complexity index is 1060. The number of hydrogen-bond donors (Lipinski definition) is 0. The van der Waals surface area contributed by atoms with Crippen LogP contribution in [0.15, 0.2) is 30.5 Å². The minimum absolute atomic E-state index is 0.495. The molecule has 0 unspecified atom stereocenters. The Morgan fingerprint density at radius 3 is 2.54 bits per heavy atom. The van der Waals surface area contributed by atoms with Gasteiger partial charge in [-0.2, -0.15) is 0 Å². The lowest BCUT2D eigenvalue weighted by Gasteiger charge is -2.06. The summed E-state index contributed by atoms with van der Waals surface area (Å²) in [5.41, 5.74) is 4.46. The van der Waals surface area contributed by atoms with Crippen LogP contribution in [0.3, 0.4) is 0 Å². The fourth-order valence-electron chi connectivity index (χ4n) is 2.54. The number of ether oxygens (including phenoxy) is 2. The Morgan fingerprint density at radius 1 is 0.917 bits per heavy atom. The average molecular weight is 338 g/mol. The molecule has 0 aliphatic carbocycles. The van der Waals surface area contributed by atoms with Gasteiger partial charge in [-0.25, -0.2) is 19.9 Å². The van der Waals surface area contributed by atoms with Crippen LogP contribution < -0.4 is 9.47 Å². The van der Waals surface area contributed by atoms with Crippen LogP contribution in [-0.2, 0) is 0 Å². The van der Waals surface area contributed by atoms with Crippen LogP contribution in [0.5, 0.6) is 11.8 Å². The first-order chi connectivity index (χ1) is 11.7. The summed E-state index contributed by atoms with van der Waals surface area (Å²) in [6.45, 7) is 2.03. The first-order valence-corrected chi connectivity index (χ1v) is 8.13. The zero-order valence-electron chi connectivity index (χ0n) is 13.4. The van der Waals surface area contributed by atoms with Crippen molar-refractivity contribution in [3.8, 4) is 22.3 Å². The maximum Gasteiger partial charge on any atom is 0.232 e. The van der Waals surface area contributed by atoms with Gasteiger partial charge in [-0.15, -0.1) is 0 Å². The van der Waals surface area contributed by atoms with Gasteiger partial charge in [-0.3, -0.25) is 0 Å². The molecule has 0 spiro atoms. The summed E-state index contributed by atoms with van der Waals surface area (Å²) in [7, 11) is 3.19. The minimum atomic E-state index is 0.495. The second-order valence-electron chi connectivity index (χ2n) is 5.29. The molecule has 0 aliphatic rings. The van der Waals surface area contributed by atoms with Crippen molar-refractivity contribution in [1.29, 1.82) is 0 Å². The molecule has 120 valence electrons. The number of rotatable bonds is 3. The second-order valence-corrected chi connectivity index (χ2v) is 6.27. The Kier molecular flexibility index (Phi) is 3.50. The topological polar surface area (TPSA) is 70.0 Å². The highest BCUT2D eigenvalue weighted by atomic mass is 32.1. The first-order valence-electron chi connectivity index (χ1n) is 7.31. The quantitative estimate of drug-likeness (QED) is 0.568. The number of aromatic nitrogens is 4. The van der Waals surface area contributed by atoms with E-state index < -0.39 is 0 Å². The number of thiazole rings is 1. The van der Waals surface area contributed by atoms with E-state index in [2.05, 4.69) is 21.0 Å². The molecule has 6 nitrogen and oxygen atoms in total.